The molecular weight excluding hydrogens is 244 g/mol. The van der Waals surface area contributed by atoms with Crippen molar-refractivity contribution in [1.29, 1.82) is 0 Å². The highest BCUT2D eigenvalue weighted by molar-refractivity contribution is 5.66. The molecule has 0 heterocycles. The summed E-state index contributed by atoms with van der Waals surface area (Å²) in [5.41, 5.74) is 0. The van der Waals surface area contributed by atoms with Gasteiger partial charge in [0.15, 0.2) is 11.5 Å². The van der Waals surface area contributed by atoms with Gasteiger partial charge >= 0.3 is 5.97 Å². The van der Waals surface area contributed by atoms with Crippen LogP contribution >= 0.6 is 0 Å². The van der Waals surface area contributed by atoms with Crippen LogP contribution in [0.3, 0.4) is 0 Å². The Kier molecular flexibility index (Phi) is 7.47. The Bertz CT molecular complexity index is 376. The van der Waals surface area contributed by atoms with E-state index in [1.807, 2.05) is 24.3 Å². The lowest BCUT2D eigenvalue weighted by Gasteiger charge is -2.12. The number of hydrogen-bond acceptors (Lipinski definition) is 3. The second-order valence-electron chi connectivity index (χ2n) is 4.35. The number of carboxylic acid groups (broad SMARTS) is 1. The number of benzene rings is 1. The van der Waals surface area contributed by atoms with Crippen LogP contribution in [-0.4, -0.2) is 24.3 Å². The molecule has 0 saturated heterocycles. The third-order valence-corrected chi connectivity index (χ3v) is 2.65. The molecule has 0 fully saturated rings. The van der Waals surface area contributed by atoms with Gasteiger partial charge in [-0.3, -0.25) is 4.79 Å². The number of carbonyl (C=O) groups is 1. The zero-order valence-electron chi connectivity index (χ0n) is 11.4. The Morgan fingerprint density at radius 1 is 1.05 bits per heavy atom. The third-order valence-electron chi connectivity index (χ3n) is 2.65. The second kappa shape index (κ2) is 9.25. The first-order valence-electron chi connectivity index (χ1n) is 6.80. The lowest BCUT2D eigenvalue weighted by Crippen LogP contribution is -2.04. The molecule has 19 heavy (non-hydrogen) atoms. The first kappa shape index (κ1) is 15.3. The first-order chi connectivity index (χ1) is 9.24. The van der Waals surface area contributed by atoms with E-state index >= 15 is 0 Å². The van der Waals surface area contributed by atoms with Gasteiger partial charge in [0.05, 0.1) is 13.2 Å². The van der Waals surface area contributed by atoms with Crippen molar-refractivity contribution in [2.75, 3.05) is 13.2 Å². The second-order valence-corrected chi connectivity index (χ2v) is 4.35. The Labute approximate surface area is 114 Å². The van der Waals surface area contributed by atoms with E-state index < -0.39 is 5.97 Å². The van der Waals surface area contributed by atoms with Crippen molar-refractivity contribution in [3.8, 4) is 11.5 Å². The van der Waals surface area contributed by atoms with Gasteiger partial charge in [-0.15, -0.1) is 0 Å². The smallest absolute Gasteiger partial charge is 0.303 e. The predicted molar refractivity (Wildman–Crippen MR) is 73.8 cm³/mol. The topological polar surface area (TPSA) is 55.8 Å². The average Bonchev–Trinajstić information content (AvgIpc) is 2.41. The highest BCUT2D eigenvalue weighted by atomic mass is 16.5. The minimum Gasteiger partial charge on any atom is -0.490 e. The van der Waals surface area contributed by atoms with Crippen LogP contribution in [0, 0.1) is 0 Å². The SMILES string of the molecule is CCCCCOc1ccccc1OCCCC(=O)O. The molecule has 0 aliphatic heterocycles. The molecule has 0 amide bonds. The molecule has 0 saturated carbocycles. The molecule has 0 unspecified atom stereocenters. The van der Waals surface area contributed by atoms with Crippen LogP contribution in [0.2, 0.25) is 0 Å². The minimum absolute atomic E-state index is 0.125. The normalized spacial score (nSPS) is 10.2. The Balaban J connectivity index is 2.37. The van der Waals surface area contributed by atoms with E-state index in [9.17, 15) is 4.79 Å². The first-order valence-corrected chi connectivity index (χ1v) is 6.80. The van der Waals surface area contributed by atoms with Gasteiger partial charge < -0.3 is 14.6 Å². The fourth-order valence-corrected chi connectivity index (χ4v) is 1.63. The van der Waals surface area contributed by atoms with E-state index in [0.29, 0.717) is 25.4 Å². The van der Waals surface area contributed by atoms with E-state index in [2.05, 4.69) is 6.92 Å². The molecule has 0 aliphatic rings. The van der Waals surface area contributed by atoms with Gasteiger partial charge in [0.1, 0.15) is 0 Å². The number of aliphatic carboxylic acids is 1. The van der Waals surface area contributed by atoms with Gasteiger partial charge in [-0.05, 0) is 25.0 Å². The Hall–Kier alpha value is -1.71. The molecule has 4 nitrogen and oxygen atoms in total. The lowest BCUT2D eigenvalue weighted by atomic mass is 10.2. The summed E-state index contributed by atoms with van der Waals surface area (Å²) in [7, 11) is 0. The van der Waals surface area contributed by atoms with Gasteiger partial charge in [0.2, 0.25) is 0 Å². The monoisotopic (exact) mass is 266 g/mol. The lowest BCUT2D eigenvalue weighted by molar-refractivity contribution is -0.137. The molecule has 0 aromatic heterocycles. The predicted octanol–water partition coefficient (Wildman–Crippen LogP) is 3.50. The summed E-state index contributed by atoms with van der Waals surface area (Å²) in [6.07, 6.45) is 3.97. The summed E-state index contributed by atoms with van der Waals surface area (Å²) >= 11 is 0. The van der Waals surface area contributed by atoms with Gasteiger partial charge in [0, 0.05) is 6.42 Å². The summed E-state index contributed by atoms with van der Waals surface area (Å²) in [5.74, 6) is 0.617. The van der Waals surface area contributed by atoms with E-state index in [4.69, 9.17) is 14.6 Å². The van der Waals surface area contributed by atoms with Crippen molar-refractivity contribution in [2.45, 2.75) is 39.0 Å². The van der Waals surface area contributed by atoms with Crippen molar-refractivity contribution in [3.63, 3.8) is 0 Å². The summed E-state index contributed by atoms with van der Waals surface area (Å²) in [4.78, 5) is 10.4. The molecular formula is C15H22O4. The quantitative estimate of drug-likeness (QED) is 0.658. The summed E-state index contributed by atoms with van der Waals surface area (Å²) < 4.78 is 11.2. The molecule has 0 atom stereocenters. The number of carboxylic acids is 1. The molecule has 1 aromatic rings. The van der Waals surface area contributed by atoms with Crippen molar-refractivity contribution in [2.24, 2.45) is 0 Å². The zero-order chi connectivity index (χ0) is 13.9. The maximum absolute atomic E-state index is 10.4. The molecule has 0 bridgehead atoms. The molecule has 0 aliphatic carbocycles. The van der Waals surface area contributed by atoms with Gasteiger partial charge in [-0.1, -0.05) is 31.9 Å². The van der Waals surface area contributed by atoms with Crippen LogP contribution in [-0.2, 0) is 4.79 Å². The molecule has 1 aromatic carbocycles. The van der Waals surface area contributed by atoms with Crippen molar-refractivity contribution in [3.05, 3.63) is 24.3 Å². The molecule has 1 N–H and O–H groups in total. The van der Waals surface area contributed by atoms with E-state index in [0.717, 1.165) is 25.0 Å². The fourth-order valence-electron chi connectivity index (χ4n) is 1.63. The van der Waals surface area contributed by atoms with E-state index in [1.165, 1.54) is 0 Å². The molecule has 1 rings (SSSR count). The maximum atomic E-state index is 10.4. The Morgan fingerprint density at radius 3 is 2.16 bits per heavy atom. The maximum Gasteiger partial charge on any atom is 0.303 e. The van der Waals surface area contributed by atoms with Crippen molar-refractivity contribution >= 4 is 5.97 Å². The largest absolute Gasteiger partial charge is 0.490 e. The summed E-state index contributed by atoms with van der Waals surface area (Å²) in [5, 5.41) is 8.55. The molecule has 0 radical (unpaired) electrons. The molecule has 0 spiro atoms. The Morgan fingerprint density at radius 2 is 1.63 bits per heavy atom. The average molecular weight is 266 g/mol. The van der Waals surface area contributed by atoms with Crippen molar-refractivity contribution in [1.82, 2.24) is 0 Å². The summed E-state index contributed by atoms with van der Waals surface area (Å²) in [6, 6.07) is 7.50. The third kappa shape index (κ3) is 6.70. The van der Waals surface area contributed by atoms with Crippen molar-refractivity contribution < 1.29 is 19.4 Å². The minimum atomic E-state index is -0.798. The highest BCUT2D eigenvalue weighted by Crippen LogP contribution is 2.26. The number of para-hydroxylation sites is 2. The number of unbranched alkanes of at least 4 members (excludes halogenated alkanes) is 2. The number of rotatable bonds is 10. The van der Waals surface area contributed by atoms with Gasteiger partial charge in [-0.25, -0.2) is 0 Å². The fraction of sp³-hybridized carbons (Fsp3) is 0.533. The van der Waals surface area contributed by atoms with Gasteiger partial charge in [0.25, 0.3) is 0 Å². The van der Waals surface area contributed by atoms with Crippen LogP contribution in [0.15, 0.2) is 24.3 Å². The number of ether oxygens (including phenoxy) is 2. The highest BCUT2D eigenvalue weighted by Gasteiger charge is 2.04. The molecule has 106 valence electrons. The molecule has 4 heteroatoms. The van der Waals surface area contributed by atoms with E-state index in [-0.39, 0.29) is 6.42 Å². The number of hydrogen-bond donors (Lipinski definition) is 1. The standard InChI is InChI=1S/C15H22O4/c1-2-3-6-11-18-13-8-4-5-9-14(13)19-12-7-10-15(16)17/h4-5,8-9H,2-3,6-7,10-12H2,1H3,(H,16,17). The summed E-state index contributed by atoms with van der Waals surface area (Å²) in [6.45, 7) is 3.23. The van der Waals surface area contributed by atoms with Crippen LogP contribution in [0.25, 0.3) is 0 Å². The van der Waals surface area contributed by atoms with E-state index in [1.54, 1.807) is 0 Å². The van der Waals surface area contributed by atoms with Crippen LogP contribution in [0.4, 0.5) is 0 Å². The van der Waals surface area contributed by atoms with Gasteiger partial charge in [-0.2, -0.15) is 0 Å². The zero-order valence-corrected chi connectivity index (χ0v) is 11.4. The van der Waals surface area contributed by atoms with Crippen LogP contribution in [0.1, 0.15) is 39.0 Å². The van der Waals surface area contributed by atoms with Crippen LogP contribution < -0.4 is 9.47 Å². The van der Waals surface area contributed by atoms with Crippen LogP contribution in [0.5, 0.6) is 11.5 Å².